The quantitative estimate of drug-likeness (QED) is 0.422. The van der Waals surface area contributed by atoms with Gasteiger partial charge < -0.3 is 16.2 Å². The predicted octanol–water partition coefficient (Wildman–Crippen LogP) is 4.21. The molecule has 0 fully saturated rings. The zero-order valence-electron chi connectivity index (χ0n) is 12.0. The van der Waals surface area contributed by atoms with Crippen molar-refractivity contribution >= 4 is 22.7 Å². The highest BCUT2D eigenvalue weighted by Crippen LogP contribution is 2.21. The van der Waals surface area contributed by atoms with Crippen LogP contribution >= 0.6 is 0 Å². The molecule has 0 radical (unpaired) electrons. The number of aliphatic hydroxyl groups excluding tert-OH is 1. The Hall–Kier alpha value is -2.40. The summed E-state index contributed by atoms with van der Waals surface area (Å²) in [6, 6.07) is 14.6. The summed E-state index contributed by atoms with van der Waals surface area (Å²) in [6.07, 6.45) is 1.14. The maximum Gasteiger partial charge on any atom is 0.124 e. The maximum absolute atomic E-state index is 9.68. The average Bonchev–Trinajstić information content (AvgIpc) is 2.48. The lowest BCUT2D eigenvalue weighted by Crippen LogP contribution is -2.17. The number of nitrogen functional groups attached to an aromatic ring is 1. The first-order chi connectivity index (χ1) is 10.2. The van der Waals surface area contributed by atoms with Gasteiger partial charge in [0.15, 0.2) is 0 Å². The highest BCUT2D eigenvalue weighted by Gasteiger charge is 2.01. The number of nitrogens with two attached hydrogens (primary N) is 1. The van der Waals surface area contributed by atoms with E-state index in [1.165, 1.54) is 0 Å². The van der Waals surface area contributed by atoms with Gasteiger partial charge in [-0.3, -0.25) is 0 Å². The Morgan fingerprint density at radius 2 is 1.52 bits per heavy atom. The predicted molar refractivity (Wildman–Crippen MR) is 86.0 cm³/mol. The van der Waals surface area contributed by atoms with Crippen molar-refractivity contribution < 1.29 is 5.11 Å². The first kappa shape index (κ1) is 15.0. The number of hydrogen-bond donors (Lipinski definition) is 3. The Morgan fingerprint density at radius 1 is 1.00 bits per heavy atom. The number of aliphatic hydroxyl groups is 1. The summed E-state index contributed by atoms with van der Waals surface area (Å²) in [5.41, 5.74) is 8.69. The van der Waals surface area contributed by atoms with Gasteiger partial charge >= 0.3 is 0 Å². The van der Waals surface area contributed by atoms with Crippen LogP contribution in [0.25, 0.3) is 0 Å². The lowest BCUT2D eigenvalue weighted by molar-refractivity contribution is 0.192. The number of nitrogens with zero attached hydrogens (tertiary/aromatic N) is 2. The van der Waals surface area contributed by atoms with Gasteiger partial charge in [0.05, 0.1) is 11.4 Å². The molecule has 0 aliphatic carbocycles. The van der Waals surface area contributed by atoms with Gasteiger partial charge in [0, 0.05) is 11.4 Å². The molecule has 1 atom stereocenters. The molecule has 0 saturated carbocycles. The fraction of sp³-hybridized carbons (Fsp3) is 0.250. The monoisotopic (exact) mass is 284 g/mol. The lowest BCUT2D eigenvalue weighted by Gasteiger charge is -2.12. The zero-order chi connectivity index (χ0) is 15.1. The van der Waals surface area contributed by atoms with Crippen molar-refractivity contribution in [1.29, 1.82) is 0 Å². The number of benzene rings is 2. The molecule has 0 aliphatic heterocycles. The lowest BCUT2D eigenvalue weighted by atomic mass is 10.2. The van der Waals surface area contributed by atoms with Crippen LogP contribution in [-0.4, -0.2) is 11.3 Å². The summed E-state index contributed by atoms with van der Waals surface area (Å²) in [5, 5.41) is 21.0. The van der Waals surface area contributed by atoms with E-state index in [1.807, 2.05) is 43.3 Å². The van der Waals surface area contributed by atoms with E-state index in [2.05, 4.69) is 15.5 Å². The second-order valence-corrected chi connectivity index (χ2v) is 4.79. The van der Waals surface area contributed by atoms with E-state index >= 15 is 0 Å². The molecule has 0 bridgehead atoms. The number of rotatable bonds is 6. The van der Waals surface area contributed by atoms with Gasteiger partial charge in [-0.1, -0.05) is 13.3 Å². The SMILES string of the molecule is CCCC(O)Nc1ccc(N=Nc2ccc(N)cc2)cc1. The molecule has 2 rings (SSSR count). The Balaban J connectivity index is 1.97. The molecule has 0 aliphatic rings. The molecule has 110 valence electrons. The van der Waals surface area contributed by atoms with Gasteiger partial charge in [-0.25, -0.2) is 0 Å². The normalized spacial score (nSPS) is 12.5. The Morgan fingerprint density at radius 3 is 2.05 bits per heavy atom. The van der Waals surface area contributed by atoms with Crippen molar-refractivity contribution in [1.82, 2.24) is 0 Å². The third kappa shape index (κ3) is 4.89. The molecule has 0 aromatic heterocycles. The molecule has 0 spiro atoms. The highest BCUT2D eigenvalue weighted by atomic mass is 16.3. The van der Waals surface area contributed by atoms with Gasteiger partial charge in [0.1, 0.15) is 6.23 Å². The maximum atomic E-state index is 9.68. The van der Waals surface area contributed by atoms with Crippen LogP contribution < -0.4 is 11.1 Å². The second-order valence-electron chi connectivity index (χ2n) is 4.79. The molecular formula is C16H20N4O. The van der Waals surface area contributed by atoms with E-state index in [-0.39, 0.29) is 0 Å². The topological polar surface area (TPSA) is 83.0 Å². The summed E-state index contributed by atoms with van der Waals surface area (Å²) in [6.45, 7) is 2.03. The summed E-state index contributed by atoms with van der Waals surface area (Å²) in [4.78, 5) is 0. The van der Waals surface area contributed by atoms with E-state index in [1.54, 1.807) is 12.1 Å². The van der Waals surface area contributed by atoms with Crippen LogP contribution in [0.2, 0.25) is 0 Å². The molecule has 2 aromatic rings. The molecule has 0 amide bonds. The third-order valence-electron chi connectivity index (χ3n) is 2.94. The molecule has 0 saturated heterocycles. The number of azo groups is 1. The third-order valence-corrected chi connectivity index (χ3v) is 2.94. The Kier molecular flexibility index (Phi) is 5.29. The van der Waals surface area contributed by atoms with E-state index < -0.39 is 6.23 Å². The molecule has 21 heavy (non-hydrogen) atoms. The van der Waals surface area contributed by atoms with Crippen molar-refractivity contribution in [3.63, 3.8) is 0 Å². The Labute approximate surface area is 124 Å². The van der Waals surface area contributed by atoms with Crippen molar-refractivity contribution in [3.8, 4) is 0 Å². The van der Waals surface area contributed by atoms with Crippen LogP contribution in [0.15, 0.2) is 58.8 Å². The van der Waals surface area contributed by atoms with Crippen LogP contribution in [0, 0.1) is 0 Å². The van der Waals surface area contributed by atoms with Gasteiger partial charge in [-0.15, -0.1) is 0 Å². The average molecular weight is 284 g/mol. The number of hydrogen-bond acceptors (Lipinski definition) is 5. The zero-order valence-corrected chi connectivity index (χ0v) is 12.0. The van der Waals surface area contributed by atoms with Crippen molar-refractivity contribution in [2.24, 2.45) is 10.2 Å². The largest absolute Gasteiger partial charge is 0.399 e. The van der Waals surface area contributed by atoms with Crippen molar-refractivity contribution in [3.05, 3.63) is 48.5 Å². The molecule has 5 heteroatoms. The van der Waals surface area contributed by atoms with Crippen LogP contribution in [0.4, 0.5) is 22.7 Å². The minimum atomic E-state index is -0.516. The van der Waals surface area contributed by atoms with E-state index in [9.17, 15) is 5.11 Å². The first-order valence-corrected chi connectivity index (χ1v) is 6.99. The fourth-order valence-electron chi connectivity index (χ4n) is 1.82. The molecule has 5 nitrogen and oxygen atoms in total. The smallest absolute Gasteiger partial charge is 0.124 e. The Bertz CT molecular complexity index is 578. The number of anilines is 2. The molecule has 0 heterocycles. The molecular weight excluding hydrogens is 264 g/mol. The minimum Gasteiger partial charge on any atom is -0.399 e. The van der Waals surface area contributed by atoms with Crippen LogP contribution in [0.1, 0.15) is 19.8 Å². The standard InChI is InChI=1S/C16H20N4O/c1-2-3-16(21)18-13-8-10-15(11-9-13)20-19-14-6-4-12(17)5-7-14/h4-11,16,18,21H,2-3,17H2,1H3. The summed E-state index contributed by atoms with van der Waals surface area (Å²) >= 11 is 0. The van der Waals surface area contributed by atoms with Gasteiger partial charge in [-0.2, -0.15) is 10.2 Å². The summed E-state index contributed by atoms with van der Waals surface area (Å²) < 4.78 is 0. The van der Waals surface area contributed by atoms with Crippen molar-refractivity contribution in [2.45, 2.75) is 26.0 Å². The minimum absolute atomic E-state index is 0.516. The van der Waals surface area contributed by atoms with E-state index in [0.29, 0.717) is 5.69 Å². The van der Waals surface area contributed by atoms with Crippen LogP contribution in [-0.2, 0) is 0 Å². The van der Waals surface area contributed by atoms with Crippen LogP contribution in [0.5, 0.6) is 0 Å². The number of nitrogens with one attached hydrogen (secondary N) is 1. The molecule has 1 unspecified atom stereocenters. The molecule has 4 N–H and O–H groups in total. The summed E-state index contributed by atoms with van der Waals surface area (Å²) in [5.74, 6) is 0. The van der Waals surface area contributed by atoms with Gasteiger partial charge in [-0.05, 0) is 55.0 Å². The van der Waals surface area contributed by atoms with Crippen LogP contribution in [0.3, 0.4) is 0 Å². The van der Waals surface area contributed by atoms with E-state index in [4.69, 9.17) is 5.73 Å². The van der Waals surface area contributed by atoms with E-state index in [0.717, 1.165) is 29.9 Å². The first-order valence-electron chi connectivity index (χ1n) is 6.99. The van der Waals surface area contributed by atoms with Crippen molar-refractivity contribution in [2.75, 3.05) is 11.1 Å². The summed E-state index contributed by atoms with van der Waals surface area (Å²) in [7, 11) is 0. The van der Waals surface area contributed by atoms with Gasteiger partial charge in [0.2, 0.25) is 0 Å². The second kappa shape index (κ2) is 7.40. The fourth-order valence-corrected chi connectivity index (χ4v) is 1.82. The highest BCUT2D eigenvalue weighted by molar-refractivity contribution is 5.52. The molecule has 2 aromatic carbocycles. The van der Waals surface area contributed by atoms with Gasteiger partial charge in [0.25, 0.3) is 0 Å².